The summed E-state index contributed by atoms with van der Waals surface area (Å²) in [6.07, 6.45) is 8.74. The van der Waals surface area contributed by atoms with Crippen LogP contribution < -0.4 is 4.74 Å². The fourth-order valence-corrected chi connectivity index (χ4v) is 3.19. The molecule has 1 N–H and O–H groups in total. The van der Waals surface area contributed by atoms with Crippen molar-refractivity contribution in [2.75, 3.05) is 6.61 Å². The van der Waals surface area contributed by atoms with Gasteiger partial charge in [-0.25, -0.2) is 0 Å². The van der Waals surface area contributed by atoms with Crippen LogP contribution in [0.3, 0.4) is 0 Å². The lowest BCUT2D eigenvalue weighted by Crippen LogP contribution is -1.97. The van der Waals surface area contributed by atoms with Crippen molar-refractivity contribution in [1.29, 1.82) is 0 Å². The average molecular weight is 373 g/mol. The quantitative estimate of drug-likeness (QED) is 0.337. The summed E-state index contributed by atoms with van der Waals surface area (Å²) >= 11 is 0. The van der Waals surface area contributed by atoms with Crippen LogP contribution in [-0.2, 0) is 0 Å². The zero-order valence-corrected chi connectivity index (χ0v) is 16.5. The molecule has 3 aromatic rings. The Morgan fingerprint density at radius 1 is 0.964 bits per heavy atom. The van der Waals surface area contributed by atoms with E-state index in [9.17, 15) is 5.11 Å². The van der Waals surface area contributed by atoms with Gasteiger partial charge in [-0.3, -0.25) is 0 Å². The summed E-state index contributed by atoms with van der Waals surface area (Å²) < 4.78 is 5.61. The Kier molecular flexibility index (Phi) is 7.05. The Hall–Kier alpha value is -2.84. The highest BCUT2D eigenvalue weighted by Crippen LogP contribution is 2.27. The van der Waals surface area contributed by atoms with Crippen LogP contribution in [0.5, 0.6) is 5.75 Å². The normalized spacial score (nSPS) is 12.4. The van der Waals surface area contributed by atoms with Gasteiger partial charge in [-0.2, -0.15) is 0 Å². The fraction of sp³-hybridized carbons (Fsp3) is 0.231. The summed E-state index contributed by atoms with van der Waals surface area (Å²) in [5, 5.41) is 11.7. The third-order valence-corrected chi connectivity index (χ3v) is 4.73. The lowest BCUT2D eigenvalue weighted by Gasteiger charge is -2.07. The Morgan fingerprint density at radius 3 is 2.43 bits per heavy atom. The number of hydrogen-bond acceptors (Lipinski definition) is 2. The summed E-state index contributed by atoms with van der Waals surface area (Å²) in [6, 6.07) is 21.3. The number of aliphatic hydroxyl groups excluding tert-OH is 1. The van der Waals surface area contributed by atoms with Gasteiger partial charge in [0, 0.05) is 0 Å². The minimum Gasteiger partial charge on any atom is -0.490 e. The zero-order chi connectivity index (χ0) is 19.8. The van der Waals surface area contributed by atoms with Crippen LogP contribution in [-0.4, -0.2) is 17.8 Å². The molecule has 0 fully saturated rings. The van der Waals surface area contributed by atoms with Crippen LogP contribution in [0.15, 0.2) is 79.4 Å². The highest BCUT2D eigenvalue weighted by Gasteiger charge is 2.02. The molecule has 0 saturated heterocycles. The van der Waals surface area contributed by atoms with Gasteiger partial charge < -0.3 is 9.84 Å². The van der Waals surface area contributed by atoms with Gasteiger partial charge in [-0.1, -0.05) is 67.3 Å². The lowest BCUT2D eigenvalue weighted by atomic mass is 10.00. The molecule has 0 spiro atoms. The highest BCUT2D eigenvalue weighted by atomic mass is 16.5. The van der Waals surface area contributed by atoms with Gasteiger partial charge in [-0.05, 0) is 71.8 Å². The molecular formula is C26H28O2. The Bertz CT molecular complexity index is 936. The third kappa shape index (κ3) is 5.58. The van der Waals surface area contributed by atoms with E-state index in [0.29, 0.717) is 6.61 Å². The van der Waals surface area contributed by atoms with Crippen molar-refractivity contribution in [3.8, 4) is 16.9 Å². The van der Waals surface area contributed by atoms with Crippen LogP contribution >= 0.6 is 0 Å². The second kappa shape index (κ2) is 9.91. The summed E-state index contributed by atoms with van der Waals surface area (Å²) in [7, 11) is 0. The molecule has 2 nitrogen and oxygen atoms in total. The van der Waals surface area contributed by atoms with Crippen LogP contribution in [0, 0.1) is 0 Å². The summed E-state index contributed by atoms with van der Waals surface area (Å²) in [5.74, 6) is 0.865. The Morgan fingerprint density at radius 2 is 1.68 bits per heavy atom. The number of ether oxygens (including phenoxy) is 1. The van der Waals surface area contributed by atoms with Crippen molar-refractivity contribution in [3.63, 3.8) is 0 Å². The van der Waals surface area contributed by atoms with Crippen LogP contribution in [0.2, 0.25) is 0 Å². The van der Waals surface area contributed by atoms with E-state index >= 15 is 0 Å². The molecule has 2 heteroatoms. The predicted octanol–water partition coefficient (Wildman–Crippen LogP) is 6.64. The number of allylic oxidation sites excluding steroid dienone is 1. The van der Waals surface area contributed by atoms with Gasteiger partial charge >= 0.3 is 0 Å². The van der Waals surface area contributed by atoms with Gasteiger partial charge in [0.1, 0.15) is 12.4 Å². The maximum atomic E-state index is 9.29. The van der Waals surface area contributed by atoms with E-state index in [4.69, 9.17) is 4.74 Å². The molecular weight excluding hydrogens is 344 g/mol. The smallest absolute Gasteiger partial charge is 0.120 e. The highest BCUT2D eigenvalue weighted by molar-refractivity contribution is 5.88. The SMILES string of the molecule is C=CCOc1ccc2cc(-c3ccc(C=CCCCC(C)O)cc3)ccc2c1. The van der Waals surface area contributed by atoms with E-state index in [1.54, 1.807) is 6.08 Å². The van der Waals surface area contributed by atoms with Crippen molar-refractivity contribution in [2.45, 2.75) is 32.3 Å². The van der Waals surface area contributed by atoms with Crippen molar-refractivity contribution in [2.24, 2.45) is 0 Å². The van der Waals surface area contributed by atoms with E-state index in [-0.39, 0.29) is 6.10 Å². The first-order chi connectivity index (χ1) is 13.7. The number of rotatable bonds is 9. The molecule has 0 aliphatic heterocycles. The summed E-state index contributed by atoms with van der Waals surface area (Å²) in [5.41, 5.74) is 3.62. The van der Waals surface area contributed by atoms with Crippen molar-refractivity contribution in [3.05, 3.63) is 85.0 Å². The van der Waals surface area contributed by atoms with Crippen LogP contribution in [0.25, 0.3) is 28.0 Å². The molecule has 1 atom stereocenters. The molecule has 3 aromatic carbocycles. The molecule has 0 amide bonds. The maximum absolute atomic E-state index is 9.29. The first-order valence-electron chi connectivity index (χ1n) is 9.88. The van der Waals surface area contributed by atoms with E-state index < -0.39 is 0 Å². The second-order valence-corrected chi connectivity index (χ2v) is 7.13. The molecule has 0 aliphatic carbocycles. The first kappa shape index (κ1) is 19.9. The molecule has 0 saturated carbocycles. The van der Waals surface area contributed by atoms with Gasteiger partial charge in [0.25, 0.3) is 0 Å². The third-order valence-electron chi connectivity index (χ3n) is 4.73. The molecule has 0 bridgehead atoms. The fourth-order valence-electron chi connectivity index (χ4n) is 3.19. The van der Waals surface area contributed by atoms with Gasteiger partial charge in [-0.15, -0.1) is 0 Å². The van der Waals surface area contributed by atoms with Crippen molar-refractivity contribution in [1.82, 2.24) is 0 Å². The number of aliphatic hydroxyl groups is 1. The molecule has 3 rings (SSSR count). The number of benzene rings is 3. The maximum Gasteiger partial charge on any atom is 0.120 e. The van der Waals surface area contributed by atoms with E-state index in [2.05, 4.69) is 73.3 Å². The molecule has 0 aliphatic rings. The predicted molar refractivity (Wildman–Crippen MR) is 120 cm³/mol. The van der Waals surface area contributed by atoms with Gasteiger partial charge in [0.15, 0.2) is 0 Å². The topological polar surface area (TPSA) is 29.5 Å². The summed E-state index contributed by atoms with van der Waals surface area (Å²) in [4.78, 5) is 0. The zero-order valence-electron chi connectivity index (χ0n) is 16.5. The Balaban J connectivity index is 1.68. The monoisotopic (exact) mass is 372 g/mol. The van der Waals surface area contributed by atoms with E-state index in [1.165, 1.54) is 27.5 Å². The van der Waals surface area contributed by atoms with Gasteiger partial charge in [0.2, 0.25) is 0 Å². The molecule has 28 heavy (non-hydrogen) atoms. The van der Waals surface area contributed by atoms with E-state index in [0.717, 1.165) is 25.0 Å². The minimum absolute atomic E-state index is 0.208. The lowest BCUT2D eigenvalue weighted by molar-refractivity contribution is 0.182. The van der Waals surface area contributed by atoms with E-state index in [1.807, 2.05) is 13.0 Å². The molecule has 0 heterocycles. The molecule has 0 aromatic heterocycles. The van der Waals surface area contributed by atoms with Crippen molar-refractivity contribution < 1.29 is 9.84 Å². The van der Waals surface area contributed by atoms with Crippen LogP contribution in [0.4, 0.5) is 0 Å². The number of fused-ring (bicyclic) bond motifs is 1. The standard InChI is InChI=1S/C26H28O2/c1-3-17-28-26-16-15-24-18-23(13-14-25(24)19-26)22-11-9-21(10-12-22)8-6-4-5-7-20(2)27/h3,6,8-16,18-20,27H,1,4-5,7,17H2,2H3. The number of hydrogen-bond donors (Lipinski definition) is 1. The average Bonchev–Trinajstić information content (AvgIpc) is 2.71. The van der Waals surface area contributed by atoms with Crippen LogP contribution in [0.1, 0.15) is 31.7 Å². The molecule has 1 unspecified atom stereocenters. The summed E-state index contributed by atoms with van der Waals surface area (Å²) in [6.45, 7) is 6.04. The molecule has 144 valence electrons. The Labute approximate surface area is 167 Å². The minimum atomic E-state index is -0.208. The second-order valence-electron chi connectivity index (χ2n) is 7.13. The molecule has 0 radical (unpaired) electrons. The largest absolute Gasteiger partial charge is 0.490 e. The first-order valence-corrected chi connectivity index (χ1v) is 9.88. The number of unbranched alkanes of at least 4 members (excludes halogenated alkanes) is 1. The van der Waals surface area contributed by atoms with Crippen molar-refractivity contribution >= 4 is 16.8 Å². The van der Waals surface area contributed by atoms with Gasteiger partial charge in [0.05, 0.1) is 6.10 Å².